The molecule has 3 rings (SSSR count). The van der Waals surface area contributed by atoms with Gasteiger partial charge in [-0.3, -0.25) is 4.72 Å². The highest BCUT2D eigenvalue weighted by Crippen LogP contribution is 2.31. The molecule has 3 aromatic rings. The van der Waals surface area contributed by atoms with Crippen molar-refractivity contribution in [2.45, 2.75) is 12.1 Å². The number of aryl methyl sites for hydroxylation is 1. The molecule has 0 unspecified atom stereocenters. The summed E-state index contributed by atoms with van der Waals surface area (Å²) in [6, 6.07) is 4.64. The summed E-state index contributed by atoms with van der Waals surface area (Å²) in [5.74, 6) is 0.163. The number of para-hydroxylation sites is 1. The molecular formula is C12H8BrCl2N5O2S. The lowest BCUT2D eigenvalue weighted by atomic mass is 10.3. The van der Waals surface area contributed by atoms with E-state index < -0.39 is 15.2 Å². The summed E-state index contributed by atoms with van der Waals surface area (Å²) >= 11 is 15.2. The van der Waals surface area contributed by atoms with E-state index in [0.717, 1.165) is 0 Å². The molecule has 1 aromatic carbocycles. The van der Waals surface area contributed by atoms with Gasteiger partial charge in [-0.1, -0.05) is 29.3 Å². The van der Waals surface area contributed by atoms with Gasteiger partial charge in [-0.05, 0) is 35.0 Å². The number of anilines is 1. The summed E-state index contributed by atoms with van der Waals surface area (Å²) in [6.45, 7) is 1.76. The number of sulfonamides is 1. The second kappa shape index (κ2) is 5.90. The summed E-state index contributed by atoms with van der Waals surface area (Å²) in [7, 11) is -4.06. The maximum atomic E-state index is 12.4. The smallest absolute Gasteiger partial charge is 0.274 e. The molecule has 0 aliphatic heterocycles. The summed E-state index contributed by atoms with van der Waals surface area (Å²) < 4.78 is 29.1. The fourth-order valence-electron chi connectivity index (χ4n) is 1.75. The lowest BCUT2D eigenvalue weighted by Gasteiger charge is -2.08. The summed E-state index contributed by atoms with van der Waals surface area (Å²) in [6.07, 6.45) is 1.58. The zero-order chi connectivity index (χ0) is 16.8. The van der Waals surface area contributed by atoms with E-state index in [4.69, 9.17) is 23.2 Å². The zero-order valence-corrected chi connectivity index (χ0v) is 15.4. The van der Waals surface area contributed by atoms with Crippen LogP contribution in [-0.2, 0) is 10.0 Å². The molecule has 0 atom stereocenters. The SMILES string of the molecule is Cc1nc2nc(S(=O)(=O)Nc3c(Cl)cccc3Cl)nn2cc1Br. The van der Waals surface area contributed by atoms with Gasteiger partial charge < -0.3 is 0 Å². The van der Waals surface area contributed by atoms with Crippen molar-refractivity contribution in [3.8, 4) is 0 Å². The Morgan fingerprint density at radius 3 is 2.52 bits per heavy atom. The lowest BCUT2D eigenvalue weighted by molar-refractivity contribution is 0.592. The molecule has 0 saturated heterocycles. The van der Waals surface area contributed by atoms with E-state index in [1.165, 1.54) is 16.6 Å². The molecule has 0 aliphatic rings. The number of fused-ring (bicyclic) bond motifs is 1. The average Bonchev–Trinajstić information content (AvgIpc) is 2.87. The van der Waals surface area contributed by atoms with E-state index in [1.54, 1.807) is 19.2 Å². The van der Waals surface area contributed by atoms with Gasteiger partial charge in [0.15, 0.2) is 0 Å². The third-order valence-electron chi connectivity index (χ3n) is 2.88. The Morgan fingerprint density at radius 2 is 1.87 bits per heavy atom. The number of benzene rings is 1. The predicted molar refractivity (Wildman–Crippen MR) is 90.5 cm³/mol. The Morgan fingerprint density at radius 1 is 1.22 bits per heavy atom. The number of nitrogens with one attached hydrogen (secondary N) is 1. The zero-order valence-electron chi connectivity index (χ0n) is 11.5. The van der Waals surface area contributed by atoms with Crippen LogP contribution in [0.2, 0.25) is 10.0 Å². The van der Waals surface area contributed by atoms with E-state index in [9.17, 15) is 8.42 Å². The van der Waals surface area contributed by atoms with Crippen molar-refractivity contribution < 1.29 is 8.42 Å². The van der Waals surface area contributed by atoms with Gasteiger partial charge in [0, 0.05) is 6.20 Å². The summed E-state index contributed by atoms with van der Waals surface area (Å²) in [5, 5.41) is 3.82. The molecular weight excluding hydrogens is 429 g/mol. The van der Waals surface area contributed by atoms with Gasteiger partial charge >= 0.3 is 0 Å². The molecule has 0 spiro atoms. The largest absolute Gasteiger partial charge is 0.299 e. The van der Waals surface area contributed by atoms with Gasteiger partial charge in [0.05, 0.1) is 25.9 Å². The van der Waals surface area contributed by atoms with Crippen LogP contribution in [0.15, 0.2) is 34.0 Å². The van der Waals surface area contributed by atoms with Crippen LogP contribution in [0.3, 0.4) is 0 Å². The maximum Gasteiger partial charge on any atom is 0.299 e. The van der Waals surface area contributed by atoms with E-state index >= 15 is 0 Å². The molecule has 7 nitrogen and oxygen atoms in total. The second-order valence-corrected chi connectivity index (χ2v) is 7.76. The minimum absolute atomic E-state index is 0.0695. The van der Waals surface area contributed by atoms with Gasteiger partial charge in [-0.25, -0.2) is 9.50 Å². The number of rotatable bonds is 3. The summed E-state index contributed by atoms with van der Waals surface area (Å²) in [5.41, 5.74) is 0.732. The Kier molecular flexibility index (Phi) is 4.21. The van der Waals surface area contributed by atoms with E-state index in [-0.39, 0.29) is 21.5 Å². The number of hydrogen-bond donors (Lipinski definition) is 1. The van der Waals surface area contributed by atoms with Gasteiger partial charge in [0.1, 0.15) is 0 Å². The highest BCUT2D eigenvalue weighted by molar-refractivity contribution is 9.10. The highest BCUT2D eigenvalue weighted by Gasteiger charge is 2.23. The van der Waals surface area contributed by atoms with E-state index in [2.05, 4.69) is 35.7 Å². The molecule has 120 valence electrons. The third kappa shape index (κ3) is 3.14. The Balaban J connectivity index is 2.06. The molecule has 0 bridgehead atoms. The number of halogens is 3. The van der Waals surface area contributed by atoms with Crippen molar-refractivity contribution in [2.24, 2.45) is 0 Å². The standard InChI is InChI=1S/C12H8BrCl2N5O2S/c1-6-7(13)5-20-11(16-6)17-12(18-20)23(21,22)19-10-8(14)3-2-4-9(10)15/h2-5,19H,1H3. The Labute approximate surface area is 149 Å². The third-order valence-corrected chi connectivity index (χ3v) is 5.42. The minimum atomic E-state index is -4.06. The van der Waals surface area contributed by atoms with Crippen molar-refractivity contribution in [2.75, 3.05) is 4.72 Å². The average molecular weight is 437 g/mol. The van der Waals surface area contributed by atoms with Crippen molar-refractivity contribution in [1.29, 1.82) is 0 Å². The Bertz CT molecular complexity index is 962. The first kappa shape index (κ1) is 16.4. The van der Waals surface area contributed by atoms with Gasteiger partial charge in [-0.2, -0.15) is 13.4 Å². The van der Waals surface area contributed by atoms with Crippen LogP contribution in [0.1, 0.15) is 5.69 Å². The maximum absolute atomic E-state index is 12.4. The predicted octanol–water partition coefficient (Wildman–Crippen LogP) is 3.30. The lowest BCUT2D eigenvalue weighted by Crippen LogP contribution is -2.15. The monoisotopic (exact) mass is 435 g/mol. The number of nitrogens with zero attached hydrogens (tertiary/aromatic N) is 4. The van der Waals surface area contributed by atoms with E-state index in [0.29, 0.717) is 10.2 Å². The molecule has 0 amide bonds. The van der Waals surface area contributed by atoms with Gasteiger partial charge in [0.2, 0.25) is 0 Å². The van der Waals surface area contributed by atoms with Crippen LogP contribution in [0, 0.1) is 6.92 Å². The molecule has 0 fully saturated rings. The van der Waals surface area contributed by atoms with Crippen molar-refractivity contribution in [3.05, 3.63) is 44.6 Å². The van der Waals surface area contributed by atoms with Crippen LogP contribution in [0.5, 0.6) is 0 Å². The van der Waals surface area contributed by atoms with Crippen molar-refractivity contribution in [1.82, 2.24) is 19.6 Å². The van der Waals surface area contributed by atoms with Crippen LogP contribution in [-0.4, -0.2) is 28.0 Å². The Hall–Kier alpha value is -1.42. The fourth-order valence-corrected chi connectivity index (χ4v) is 3.62. The molecule has 0 saturated carbocycles. The summed E-state index contributed by atoms with van der Waals surface area (Å²) in [4.78, 5) is 8.07. The molecule has 23 heavy (non-hydrogen) atoms. The molecule has 1 N–H and O–H groups in total. The number of aromatic nitrogens is 4. The number of hydrogen-bond acceptors (Lipinski definition) is 5. The van der Waals surface area contributed by atoms with Crippen molar-refractivity contribution >= 4 is 60.6 Å². The first-order valence-electron chi connectivity index (χ1n) is 6.14. The molecule has 11 heteroatoms. The van der Waals surface area contributed by atoms with Gasteiger partial charge in [-0.15, -0.1) is 5.10 Å². The molecule has 0 aliphatic carbocycles. The molecule has 2 heterocycles. The highest BCUT2D eigenvalue weighted by atomic mass is 79.9. The van der Waals surface area contributed by atoms with Crippen LogP contribution < -0.4 is 4.72 Å². The second-order valence-electron chi connectivity index (χ2n) is 4.52. The van der Waals surface area contributed by atoms with Crippen LogP contribution in [0.25, 0.3) is 5.78 Å². The quantitative estimate of drug-likeness (QED) is 0.680. The first-order chi connectivity index (χ1) is 10.8. The van der Waals surface area contributed by atoms with E-state index in [1.807, 2.05) is 0 Å². The normalized spacial score (nSPS) is 11.8. The van der Waals surface area contributed by atoms with Crippen LogP contribution >= 0.6 is 39.1 Å². The molecule has 2 aromatic heterocycles. The van der Waals surface area contributed by atoms with Gasteiger partial charge in [0.25, 0.3) is 21.0 Å². The fraction of sp³-hybridized carbons (Fsp3) is 0.0833. The minimum Gasteiger partial charge on any atom is -0.274 e. The topological polar surface area (TPSA) is 89.2 Å². The molecule has 0 radical (unpaired) electrons. The van der Waals surface area contributed by atoms with Crippen molar-refractivity contribution in [3.63, 3.8) is 0 Å². The first-order valence-corrected chi connectivity index (χ1v) is 9.17. The van der Waals surface area contributed by atoms with Crippen LogP contribution in [0.4, 0.5) is 5.69 Å².